The molecule has 82 valence electrons. The Hall–Kier alpha value is -1.67. The summed E-state index contributed by atoms with van der Waals surface area (Å²) in [4.78, 5) is 0. The number of aryl methyl sites for hydroxylation is 1. The van der Waals surface area contributed by atoms with Crippen LogP contribution in [0.5, 0.6) is 11.5 Å². The SMILES string of the molecule is Cc1ccc(-c2cc(O)ccc2Cl)cc1O. The third-order valence-electron chi connectivity index (χ3n) is 2.47. The highest BCUT2D eigenvalue weighted by atomic mass is 35.5. The molecule has 2 rings (SSSR count). The molecule has 3 heteroatoms. The molecule has 0 fully saturated rings. The van der Waals surface area contributed by atoms with Crippen LogP contribution in [0.3, 0.4) is 0 Å². The van der Waals surface area contributed by atoms with E-state index in [1.54, 1.807) is 18.2 Å². The maximum absolute atomic E-state index is 9.62. The molecular weight excluding hydrogens is 224 g/mol. The van der Waals surface area contributed by atoms with Crippen molar-refractivity contribution in [1.29, 1.82) is 0 Å². The van der Waals surface area contributed by atoms with Crippen molar-refractivity contribution < 1.29 is 10.2 Å². The lowest BCUT2D eigenvalue weighted by atomic mass is 10.0. The number of benzene rings is 2. The molecule has 0 amide bonds. The molecule has 0 aromatic heterocycles. The second-order valence-electron chi connectivity index (χ2n) is 3.67. The van der Waals surface area contributed by atoms with Crippen molar-refractivity contribution in [2.45, 2.75) is 6.92 Å². The van der Waals surface area contributed by atoms with Gasteiger partial charge in [-0.15, -0.1) is 0 Å². The molecule has 0 spiro atoms. The molecule has 0 heterocycles. The number of phenolic OH excluding ortho intramolecular Hbond substituents is 2. The Kier molecular flexibility index (Phi) is 2.75. The Morgan fingerprint density at radius 2 is 1.75 bits per heavy atom. The van der Waals surface area contributed by atoms with Crippen LogP contribution in [-0.4, -0.2) is 10.2 Å². The van der Waals surface area contributed by atoms with Gasteiger partial charge in [-0.25, -0.2) is 0 Å². The molecule has 0 atom stereocenters. The van der Waals surface area contributed by atoms with E-state index in [-0.39, 0.29) is 11.5 Å². The fraction of sp³-hybridized carbons (Fsp3) is 0.0769. The van der Waals surface area contributed by atoms with E-state index in [0.29, 0.717) is 10.6 Å². The molecule has 0 radical (unpaired) electrons. The average molecular weight is 235 g/mol. The molecule has 0 aliphatic carbocycles. The Morgan fingerprint density at radius 1 is 1.00 bits per heavy atom. The van der Waals surface area contributed by atoms with Gasteiger partial charge >= 0.3 is 0 Å². The van der Waals surface area contributed by atoms with Crippen molar-refractivity contribution in [3.63, 3.8) is 0 Å². The summed E-state index contributed by atoms with van der Waals surface area (Å²) in [6.45, 7) is 1.82. The van der Waals surface area contributed by atoms with Crippen molar-refractivity contribution in [1.82, 2.24) is 0 Å². The molecular formula is C13H11ClO2. The van der Waals surface area contributed by atoms with Crippen molar-refractivity contribution in [3.8, 4) is 22.6 Å². The maximum Gasteiger partial charge on any atom is 0.119 e. The third-order valence-corrected chi connectivity index (χ3v) is 2.80. The lowest BCUT2D eigenvalue weighted by molar-refractivity contribution is 0.471. The second kappa shape index (κ2) is 4.06. The maximum atomic E-state index is 9.62. The summed E-state index contributed by atoms with van der Waals surface area (Å²) in [6.07, 6.45) is 0. The second-order valence-corrected chi connectivity index (χ2v) is 4.07. The summed E-state index contributed by atoms with van der Waals surface area (Å²) in [5.74, 6) is 0.372. The zero-order valence-corrected chi connectivity index (χ0v) is 9.49. The van der Waals surface area contributed by atoms with Gasteiger partial charge in [0.15, 0.2) is 0 Å². The lowest BCUT2D eigenvalue weighted by Gasteiger charge is -2.07. The van der Waals surface area contributed by atoms with Crippen LogP contribution in [0.1, 0.15) is 5.56 Å². The summed E-state index contributed by atoms with van der Waals surface area (Å²) < 4.78 is 0. The number of rotatable bonds is 1. The fourth-order valence-corrected chi connectivity index (χ4v) is 1.74. The van der Waals surface area contributed by atoms with E-state index in [0.717, 1.165) is 11.1 Å². The third kappa shape index (κ3) is 1.97. The van der Waals surface area contributed by atoms with Crippen LogP contribution in [0, 0.1) is 6.92 Å². The zero-order chi connectivity index (χ0) is 11.7. The molecule has 2 N–H and O–H groups in total. The first kappa shape index (κ1) is 10.8. The highest BCUT2D eigenvalue weighted by Crippen LogP contribution is 2.33. The topological polar surface area (TPSA) is 40.5 Å². The van der Waals surface area contributed by atoms with Crippen molar-refractivity contribution in [2.24, 2.45) is 0 Å². The Balaban J connectivity index is 2.58. The van der Waals surface area contributed by atoms with Gasteiger partial charge in [0.2, 0.25) is 0 Å². The molecule has 16 heavy (non-hydrogen) atoms. The molecule has 0 saturated carbocycles. The quantitative estimate of drug-likeness (QED) is 0.789. The Morgan fingerprint density at radius 3 is 2.44 bits per heavy atom. The molecule has 2 nitrogen and oxygen atoms in total. The molecule has 0 saturated heterocycles. The van der Waals surface area contributed by atoms with Crippen LogP contribution in [-0.2, 0) is 0 Å². The molecule has 0 unspecified atom stereocenters. The van der Waals surface area contributed by atoms with Gasteiger partial charge in [-0.05, 0) is 42.3 Å². The van der Waals surface area contributed by atoms with E-state index in [2.05, 4.69) is 0 Å². The van der Waals surface area contributed by atoms with Gasteiger partial charge in [0, 0.05) is 10.6 Å². The summed E-state index contributed by atoms with van der Waals surface area (Å²) in [6, 6.07) is 10.0. The lowest BCUT2D eigenvalue weighted by Crippen LogP contribution is -1.81. The first-order valence-electron chi connectivity index (χ1n) is 4.86. The molecule has 2 aromatic carbocycles. The monoisotopic (exact) mass is 234 g/mol. The minimum atomic E-state index is 0.152. The number of halogens is 1. The predicted octanol–water partition coefficient (Wildman–Crippen LogP) is 3.73. The summed E-state index contributed by atoms with van der Waals surface area (Å²) in [5.41, 5.74) is 2.29. The summed E-state index contributed by atoms with van der Waals surface area (Å²) >= 11 is 6.03. The van der Waals surface area contributed by atoms with Crippen LogP contribution in [0.25, 0.3) is 11.1 Å². The van der Waals surface area contributed by atoms with Gasteiger partial charge in [0.1, 0.15) is 11.5 Å². The van der Waals surface area contributed by atoms with Crippen LogP contribution in [0.15, 0.2) is 36.4 Å². The van der Waals surface area contributed by atoms with E-state index in [4.69, 9.17) is 11.6 Å². The zero-order valence-electron chi connectivity index (χ0n) is 8.74. The minimum absolute atomic E-state index is 0.152. The number of hydrogen-bond acceptors (Lipinski definition) is 2. The first-order chi connectivity index (χ1) is 7.58. The van der Waals surface area contributed by atoms with Crippen LogP contribution >= 0.6 is 11.6 Å². The number of hydrogen-bond donors (Lipinski definition) is 2. The van der Waals surface area contributed by atoms with Gasteiger partial charge in [-0.2, -0.15) is 0 Å². The van der Waals surface area contributed by atoms with E-state index in [9.17, 15) is 10.2 Å². The largest absolute Gasteiger partial charge is 0.508 e. The Bertz CT molecular complexity index is 535. The van der Waals surface area contributed by atoms with Crippen LogP contribution in [0.4, 0.5) is 0 Å². The van der Waals surface area contributed by atoms with Gasteiger partial charge in [0.05, 0.1) is 0 Å². The van der Waals surface area contributed by atoms with E-state index >= 15 is 0 Å². The molecule has 0 bridgehead atoms. The minimum Gasteiger partial charge on any atom is -0.508 e. The van der Waals surface area contributed by atoms with E-state index in [1.807, 2.05) is 19.1 Å². The van der Waals surface area contributed by atoms with Gasteiger partial charge in [-0.1, -0.05) is 23.7 Å². The van der Waals surface area contributed by atoms with Crippen molar-refractivity contribution in [2.75, 3.05) is 0 Å². The van der Waals surface area contributed by atoms with Gasteiger partial charge < -0.3 is 10.2 Å². The summed E-state index contributed by atoms with van der Waals surface area (Å²) in [5, 5.41) is 19.6. The van der Waals surface area contributed by atoms with E-state index < -0.39 is 0 Å². The molecule has 2 aromatic rings. The average Bonchev–Trinajstić information content (AvgIpc) is 2.26. The molecule has 0 aliphatic heterocycles. The number of aromatic hydroxyl groups is 2. The van der Waals surface area contributed by atoms with Gasteiger partial charge in [-0.3, -0.25) is 0 Å². The normalized spacial score (nSPS) is 10.4. The smallest absolute Gasteiger partial charge is 0.119 e. The standard InChI is InChI=1S/C13H11ClO2/c1-8-2-3-9(6-13(8)16)11-7-10(15)4-5-12(11)14/h2-7,15-16H,1H3. The highest BCUT2D eigenvalue weighted by Gasteiger charge is 2.06. The van der Waals surface area contributed by atoms with Crippen LogP contribution < -0.4 is 0 Å². The van der Waals surface area contributed by atoms with Crippen molar-refractivity contribution in [3.05, 3.63) is 47.0 Å². The van der Waals surface area contributed by atoms with Crippen LogP contribution in [0.2, 0.25) is 5.02 Å². The Labute approximate surface area is 98.7 Å². The van der Waals surface area contributed by atoms with E-state index in [1.165, 1.54) is 6.07 Å². The highest BCUT2D eigenvalue weighted by molar-refractivity contribution is 6.33. The fourth-order valence-electron chi connectivity index (χ4n) is 1.51. The summed E-state index contributed by atoms with van der Waals surface area (Å²) in [7, 11) is 0. The number of phenols is 2. The first-order valence-corrected chi connectivity index (χ1v) is 5.24. The molecule has 0 aliphatic rings. The predicted molar refractivity (Wildman–Crippen MR) is 65.0 cm³/mol. The van der Waals surface area contributed by atoms with Crippen molar-refractivity contribution >= 4 is 11.6 Å². The van der Waals surface area contributed by atoms with Gasteiger partial charge in [0.25, 0.3) is 0 Å².